The minimum atomic E-state index is -1.61. The second kappa shape index (κ2) is 10.6. The van der Waals surface area contributed by atoms with Gasteiger partial charge in [0.15, 0.2) is 23.3 Å². The van der Waals surface area contributed by atoms with E-state index in [0.29, 0.717) is 17.0 Å². The maximum atomic E-state index is 13.9. The smallest absolute Gasteiger partial charge is 0.194 e. The Kier molecular flexibility index (Phi) is 7.03. The van der Waals surface area contributed by atoms with Crippen molar-refractivity contribution in [2.45, 2.75) is 44.3 Å². The van der Waals surface area contributed by atoms with Gasteiger partial charge in [0.05, 0.1) is 39.3 Å². The van der Waals surface area contributed by atoms with Crippen molar-refractivity contribution in [3.8, 4) is 22.9 Å². The molecule has 4 heterocycles. The van der Waals surface area contributed by atoms with E-state index < -0.39 is 54.5 Å². The summed E-state index contributed by atoms with van der Waals surface area (Å²) in [5, 5.41) is 52.0. The van der Waals surface area contributed by atoms with E-state index in [2.05, 4.69) is 26.2 Å². The molecule has 6 rings (SSSR count). The van der Waals surface area contributed by atoms with Crippen LogP contribution in [0, 0.1) is 42.6 Å². The van der Waals surface area contributed by atoms with Crippen molar-refractivity contribution in [3.63, 3.8) is 0 Å². The minimum Gasteiger partial charge on any atom is -0.394 e. The van der Waals surface area contributed by atoms with Gasteiger partial charge in [0.25, 0.3) is 0 Å². The van der Waals surface area contributed by atoms with Crippen LogP contribution in [0.3, 0.4) is 0 Å². The molecule has 5 atom stereocenters. The van der Waals surface area contributed by atoms with Crippen molar-refractivity contribution in [1.82, 2.24) is 29.5 Å². The van der Waals surface area contributed by atoms with Crippen molar-refractivity contribution in [2.24, 2.45) is 0 Å². The molecule has 0 unspecified atom stereocenters. The summed E-state index contributed by atoms with van der Waals surface area (Å²) in [5.74, 6) is -3.99. The summed E-state index contributed by atoms with van der Waals surface area (Å²) in [6.07, 6.45) is -2.91. The molecule has 2 aromatic carbocycles. The van der Waals surface area contributed by atoms with E-state index in [0.717, 1.165) is 21.8 Å². The van der Waals surface area contributed by atoms with Crippen LogP contribution in [0.5, 0.6) is 0 Å². The van der Waals surface area contributed by atoms with E-state index in [1.54, 1.807) is 19.1 Å². The van der Waals surface area contributed by atoms with Crippen LogP contribution < -0.4 is 0 Å². The normalized spacial score (nSPS) is 22.5. The van der Waals surface area contributed by atoms with Gasteiger partial charge in [-0.3, -0.25) is 4.68 Å². The molecule has 11 nitrogen and oxygen atoms in total. The number of nitrogens with zero attached hydrogens (tertiary/aromatic N) is 7. The molecule has 1 aliphatic rings. The highest BCUT2D eigenvalue weighted by Crippen LogP contribution is 2.39. The summed E-state index contributed by atoms with van der Waals surface area (Å²) in [5.41, 5.74) is 1.42. The molecular formula is C27H22F3N7O4S. The molecular weight excluding hydrogens is 575 g/mol. The zero-order valence-corrected chi connectivity index (χ0v) is 22.8. The summed E-state index contributed by atoms with van der Waals surface area (Å²) in [7, 11) is 0. The summed E-state index contributed by atoms with van der Waals surface area (Å²) in [6, 6.07) is 5.88. The topological polar surface area (TPSA) is 155 Å². The van der Waals surface area contributed by atoms with Gasteiger partial charge in [0.1, 0.15) is 42.4 Å². The summed E-state index contributed by atoms with van der Waals surface area (Å²) >= 11 is 1.43. The SMILES string of the molecule is Cc1nc([C@@H]2O[C@H](CO)[C@H](O)[C@H](n3cc(-c4cc(F)c(F)c(F)c4)cn3)[C@H]2O)n(-c2cc3sc(C)nc3cc2C#N)n1. The van der Waals surface area contributed by atoms with Gasteiger partial charge in [-0.25, -0.2) is 27.8 Å². The van der Waals surface area contributed by atoms with Gasteiger partial charge in [-0.2, -0.15) is 15.5 Å². The van der Waals surface area contributed by atoms with Crippen molar-refractivity contribution in [3.05, 3.63) is 76.3 Å². The van der Waals surface area contributed by atoms with Crippen LogP contribution in [-0.2, 0) is 4.74 Å². The van der Waals surface area contributed by atoms with Crippen LogP contribution in [-0.4, -0.2) is 69.8 Å². The number of halogens is 3. The molecule has 0 spiro atoms. The molecule has 1 aliphatic heterocycles. The number of ether oxygens (including phenoxy) is 1. The number of aliphatic hydroxyl groups excluding tert-OH is 3. The lowest BCUT2D eigenvalue weighted by Crippen LogP contribution is -2.53. The van der Waals surface area contributed by atoms with Gasteiger partial charge >= 0.3 is 0 Å². The molecule has 3 aromatic heterocycles. The van der Waals surface area contributed by atoms with E-state index in [1.165, 1.54) is 33.1 Å². The summed E-state index contributed by atoms with van der Waals surface area (Å²) < 4.78 is 50.5. The minimum absolute atomic E-state index is 0.0166. The first kappa shape index (κ1) is 27.9. The number of thiazole rings is 1. The Morgan fingerprint density at radius 1 is 1.05 bits per heavy atom. The number of nitriles is 1. The van der Waals surface area contributed by atoms with Crippen molar-refractivity contribution in [1.29, 1.82) is 5.26 Å². The van der Waals surface area contributed by atoms with E-state index in [4.69, 9.17) is 4.74 Å². The number of aromatic nitrogens is 6. The average Bonchev–Trinajstić information content (AvgIpc) is 3.68. The zero-order valence-electron chi connectivity index (χ0n) is 22.0. The molecule has 0 aliphatic carbocycles. The number of hydrogen-bond donors (Lipinski definition) is 3. The Morgan fingerprint density at radius 2 is 1.79 bits per heavy atom. The number of rotatable bonds is 5. The third-order valence-electron chi connectivity index (χ3n) is 7.07. The fourth-order valence-corrected chi connectivity index (χ4v) is 5.98. The predicted molar refractivity (Wildman–Crippen MR) is 142 cm³/mol. The molecule has 0 bridgehead atoms. The lowest BCUT2D eigenvalue weighted by molar-refractivity contribution is -0.210. The van der Waals surface area contributed by atoms with Gasteiger partial charge in [0.2, 0.25) is 0 Å². The van der Waals surface area contributed by atoms with Crippen LogP contribution in [0.2, 0.25) is 0 Å². The molecule has 216 valence electrons. The van der Waals surface area contributed by atoms with Crippen LogP contribution in [0.15, 0.2) is 36.7 Å². The molecule has 1 saturated heterocycles. The molecule has 15 heteroatoms. The number of hydrogen-bond acceptors (Lipinski definition) is 10. The standard InChI is InChI=1S/C27H22F3N7O4S/c1-11-33-27(37(35-11)19-6-21-18(5-14(19)7-31)34-12(2)42-21)26-25(40)23(24(39)20(10-38)41-26)36-9-15(8-32-36)13-3-16(28)22(30)17(29)4-13/h3-6,8-9,20,23-26,38-40H,10H2,1-2H3/t20-,23+,24+,25-,26-/m1/s1. The lowest BCUT2D eigenvalue weighted by atomic mass is 9.92. The highest BCUT2D eigenvalue weighted by atomic mass is 32.1. The van der Waals surface area contributed by atoms with E-state index >= 15 is 0 Å². The lowest BCUT2D eigenvalue weighted by Gasteiger charge is -2.41. The van der Waals surface area contributed by atoms with Gasteiger partial charge < -0.3 is 20.1 Å². The molecule has 3 N–H and O–H groups in total. The largest absolute Gasteiger partial charge is 0.394 e. The van der Waals surface area contributed by atoms with E-state index in [9.17, 15) is 33.8 Å². The van der Waals surface area contributed by atoms with Crippen molar-refractivity contribution in [2.75, 3.05) is 6.61 Å². The Labute approximate surface area is 239 Å². The van der Waals surface area contributed by atoms with Crippen LogP contribution in [0.4, 0.5) is 13.2 Å². The maximum absolute atomic E-state index is 13.9. The third kappa shape index (κ3) is 4.63. The van der Waals surface area contributed by atoms with Crippen molar-refractivity contribution >= 4 is 21.6 Å². The number of benzene rings is 2. The fraction of sp³-hybridized carbons (Fsp3) is 0.296. The van der Waals surface area contributed by atoms with Gasteiger partial charge in [-0.1, -0.05) is 0 Å². The quantitative estimate of drug-likeness (QED) is 0.259. The van der Waals surface area contributed by atoms with E-state index in [-0.39, 0.29) is 22.5 Å². The first-order valence-corrected chi connectivity index (χ1v) is 13.5. The highest BCUT2D eigenvalue weighted by molar-refractivity contribution is 7.18. The highest BCUT2D eigenvalue weighted by Gasteiger charge is 2.48. The molecule has 0 radical (unpaired) electrons. The monoisotopic (exact) mass is 597 g/mol. The van der Waals surface area contributed by atoms with Gasteiger partial charge in [0, 0.05) is 11.8 Å². The Bertz CT molecular complexity index is 1840. The Morgan fingerprint density at radius 3 is 2.48 bits per heavy atom. The third-order valence-corrected chi connectivity index (χ3v) is 8.00. The predicted octanol–water partition coefficient (Wildman–Crippen LogP) is 3.04. The molecule has 5 aromatic rings. The van der Waals surface area contributed by atoms with Crippen LogP contribution in [0.25, 0.3) is 27.0 Å². The first-order valence-electron chi connectivity index (χ1n) is 12.7. The summed E-state index contributed by atoms with van der Waals surface area (Å²) in [4.78, 5) is 8.89. The summed E-state index contributed by atoms with van der Waals surface area (Å²) in [6.45, 7) is 2.83. The first-order chi connectivity index (χ1) is 20.1. The Hall–Kier alpha value is -4.20. The van der Waals surface area contributed by atoms with Gasteiger partial charge in [-0.15, -0.1) is 11.3 Å². The molecule has 42 heavy (non-hydrogen) atoms. The van der Waals surface area contributed by atoms with Crippen LogP contribution in [0.1, 0.15) is 34.4 Å². The number of aryl methyl sites for hydroxylation is 2. The Balaban J connectivity index is 1.42. The zero-order chi connectivity index (χ0) is 29.9. The van der Waals surface area contributed by atoms with Crippen LogP contribution >= 0.6 is 11.3 Å². The molecule has 1 fully saturated rings. The number of fused-ring (bicyclic) bond motifs is 1. The molecule has 0 saturated carbocycles. The van der Waals surface area contributed by atoms with Gasteiger partial charge in [-0.05, 0) is 43.7 Å². The van der Waals surface area contributed by atoms with E-state index in [1.807, 2.05) is 6.92 Å². The fourth-order valence-electron chi connectivity index (χ4n) is 5.14. The second-order valence-electron chi connectivity index (χ2n) is 9.82. The maximum Gasteiger partial charge on any atom is 0.194 e. The number of aliphatic hydroxyl groups is 3. The second-order valence-corrected chi connectivity index (χ2v) is 11.1. The van der Waals surface area contributed by atoms with Crippen molar-refractivity contribution < 1.29 is 33.2 Å². The average molecular weight is 598 g/mol. The molecule has 0 amide bonds.